The second kappa shape index (κ2) is 4.97. The van der Waals surface area contributed by atoms with Gasteiger partial charge in [0.15, 0.2) is 0 Å². The molecule has 0 aromatic heterocycles. The molecule has 13 heavy (non-hydrogen) atoms. The van der Waals surface area contributed by atoms with Crippen molar-refractivity contribution in [1.29, 1.82) is 0 Å². The van der Waals surface area contributed by atoms with Crippen LogP contribution < -0.4 is 5.32 Å². The van der Waals surface area contributed by atoms with E-state index < -0.39 is 0 Å². The molecule has 1 saturated carbocycles. The molecule has 0 heterocycles. The highest BCUT2D eigenvalue weighted by Gasteiger charge is 2.24. The van der Waals surface area contributed by atoms with E-state index in [1.165, 1.54) is 19.3 Å². The Kier molecular flexibility index (Phi) is 4.20. The first-order valence-corrected chi connectivity index (χ1v) is 5.48. The van der Waals surface area contributed by atoms with E-state index in [0.29, 0.717) is 6.04 Å². The van der Waals surface area contributed by atoms with Gasteiger partial charge in [-0.25, -0.2) is 0 Å². The van der Waals surface area contributed by atoms with Crippen molar-refractivity contribution >= 4 is 0 Å². The molecule has 0 aliphatic heterocycles. The van der Waals surface area contributed by atoms with Crippen LogP contribution in [0, 0.1) is 11.8 Å². The fourth-order valence-corrected chi connectivity index (χ4v) is 2.54. The third-order valence-corrected chi connectivity index (χ3v) is 2.97. The Morgan fingerprint density at radius 1 is 1.23 bits per heavy atom. The van der Waals surface area contributed by atoms with Gasteiger partial charge < -0.3 is 10.4 Å². The molecule has 0 spiro atoms. The predicted octanol–water partition coefficient (Wildman–Crippen LogP) is 1.78. The number of hydrogen-bond donors (Lipinski definition) is 2. The molecule has 78 valence electrons. The summed E-state index contributed by atoms with van der Waals surface area (Å²) in [7, 11) is 0. The minimum atomic E-state index is 0.249. The van der Waals surface area contributed by atoms with Crippen LogP contribution in [0.25, 0.3) is 0 Å². The zero-order valence-electron chi connectivity index (χ0n) is 9.09. The van der Waals surface area contributed by atoms with E-state index in [1.807, 2.05) is 6.92 Å². The first-order chi connectivity index (χ1) is 6.11. The van der Waals surface area contributed by atoms with E-state index in [1.54, 1.807) is 0 Å². The molecule has 1 rings (SSSR count). The Morgan fingerprint density at radius 2 is 1.77 bits per heavy atom. The average molecular weight is 185 g/mol. The molecule has 0 bridgehead atoms. The van der Waals surface area contributed by atoms with Crippen molar-refractivity contribution in [2.75, 3.05) is 6.61 Å². The highest BCUT2D eigenvalue weighted by Crippen LogP contribution is 2.28. The van der Waals surface area contributed by atoms with E-state index in [2.05, 4.69) is 19.2 Å². The van der Waals surface area contributed by atoms with E-state index in [-0.39, 0.29) is 12.6 Å². The van der Waals surface area contributed by atoms with Crippen LogP contribution >= 0.6 is 0 Å². The molecule has 0 aromatic rings. The molecule has 0 radical (unpaired) electrons. The maximum atomic E-state index is 8.93. The lowest BCUT2D eigenvalue weighted by atomic mass is 9.80. The van der Waals surface area contributed by atoms with Crippen molar-refractivity contribution in [3.05, 3.63) is 0 Å². The maximum Gasteiger partial charge on any atom is 0.0582 e. The number of nitrogens with one attached hydrogen (secondary N) is 1. The summed E-state index contributed by atoms with van der Waals surface area (Å²) in [5.74, 6) is 1.68. The van der Waals surface area contributed by atoms with Gasteiger partial charge in [0, 0.05) is 12.1 Å². The molecule has 0 saturated heterocycles. The predicted molar refractivity (Wildman–Crippen MR) is 55.7 cm³/mol. The molecule has 0 aromatic carbocycles. The van der Waals surface area contributed by atoms with Crippen LogP contribution in [0.5, 0.6) is 0 Å². The van der Waals surface area contributed by atoms with Crippen molar-refractivity contribution < 1.29 is 5.11 Å². The Bertz CT molecular complexity index is 139. The van der Waals surface area contributed by atoms with Gasteiger partial charge in [-0.15, -0.1) is 0 Å². The Morgan fingerprint density at radius 3 is 2.23 bits per heavy atom. The van der Waals surface area contributed by atoms with Crippen LogP contribution in [0.2, 0.25) is 0 Å². The summed E-state index contributed by atoms with van der Waals surface area (Å²) >= 11 is 0. The second-order valence-corrected chi connectivity index (χ2v) is 4.86. The molecule has 2 heteroatoms. The average Bonchev–Trinajstić information content (AvgIpc) is 2.02. The lowest BCUT2D eigenvalue weighted by molar-refractivity contribution is 0.192. The Hall–Kier alpha value is -0.0800. The van der Waals surface area contributed by atoms with Gasteiger partial charge >= 0.3 is 0 Å². The van der Waals surface area contributed by atoms with Gasteiger partial charge in [-0.2, -0.15) is 0 Å². The zero-order chi connectivity index (χ0) is 9.84. The highest BCUT2D eigenvalue weighted by atomic mass is 16.3. The van der Waals surface area contributed by atoms with Crippen molar-refractivity contribution in [2.24, 2.45) is 11.8 Å². The Labute approximate surface area is 81.7 Å². The summed E-state index contributed by atoms with van der Waals surface area (Å²) < 4.78 is 0. The van der Waals surface area contributed by atoms with Crippen LogP contribution in [0.4, 0.5) is 0 Å². The number of aliphatic hydroxyl groups excluding tert-OH is 1. The molecule has 0 unspecified atom stereocenters. The lowest BCUT2D eigenvalue weighted by Crippen LogP contribution is -2.42. The summed E-state index contributed by atoms with van der Waals surface area (Å²) in [6.07, 6.45) is 3.91. The van der Waals surface area contributed by atoms with Crippen LogP contribution in [0.3, 0.4) is 0 Å². The SMILES string of the molecule is C[C@H]1CC(N[C@@H](C)CO)C[C@H](C)C1. The van der Waals surface area contributed by atoms with Crippen LogP contribution in [-0.4, -0.2) is 23.8 Å². The van der Waals surface area contributed by atoms with Crippen LogP contribution in [0.15, 0.2) is 0 Å². The monoisotopic (exact) mass is 185 g/mol. The van der Waals surface area contributed by atoms with Gasteiger partial charge in [0.2, 0.25) is 0 Å². The lowest BCUT2D eigenvalue weighted by Gasteiger charge is -2.33. The molecule has 2 nitrogen and oxygen atoms in total. The minimum Gasteiger partial charge on any atom is -0.395 e. The zero-order valence-corrected chi connectivity index (χ0v) is 9.09. The fourth-order valence-electron chi connectivity index (χ4n) is 2.54. The molecule has 1 aliphatic rings. The van der Waals surface area contributed by atoms with E-state index in [0.717, 1.165) is 11.8 Å². The van der Waals surface area contributed by atoms with Crippen molar-refractivity contribution in [2.45, 2.75) is 52.1 Å². The molecule has 0 amide bonds. The third-order valence-electron chi connectivity index (χ3n) is 2.97. The summed E-state index contributed by atoms with van der Waals surface area (Å²) in [4.78, 5) is 0. The van der Waals surface area contributed by atoms with E-state index in [4.69, 9.17) is 5.11 Å². The first-order valence-electron chi connectivity index (χ1n) is 5.48. The fraction of sp³-hybridized carbons (Fsp3) is 1.00. The number of aliphatic hydroxyl groups is 1. The molecule has 1 fully saturated rings. The van der Waals surface area contributed by atoms with Gasteiger partial charge in [-0.3, -0.25) is 0 Å². The molecular formula is C11H23NO. The largest absolute Gasteiger partial charge is 0.395 e. The van der Waals surface area contributed by atoms with E-state index >= 15 is 0 Å². The normalized spacial score (nSPS) is 37.4. The van der Waals surface area contributed by atoms with E-state index in [9.17, 15) is 0 Å². The molecule has 3 atom stereocenters. The Balaban J connectivity index is 2.32. The second-order valence-electron chi connectivity index (χ2n) is 4.86. The van der Waals surface area contributed by atoms with Crippen molar-refractivity contribution in [3.63, 3.8) is 0 Å². The van der Waals surface area contributed by atoms with Gasteiger partial charge in [-0.1, -0.05) is 13.8 Å². The van der Waals surface area contributed by atoms with Crippen LogP contribution in [-0.2, 0) is 0 Å². The van der Waals surface area contributed by atoms with Gasteiger partial charge in [0.25, 0.3) is 0 Å². The van der Waals surface area contributed by atoms with Crippen molar-refractivity contribution in [1.82, 2.24) is 5.32 Å². The smallest absolute Gasteiger partial charge is 0.0582 e. The topological polar surface area (TPSA) is 32.3 Å². The highest BCUT2D eigenvalue weighted by molar-refractivity contribution is 4.81. The quantitative estimate of drug-likeness (QED) is 0.702. The summed E-state index contributed by atoms with van der Waals surface area (Å²) in [5, 5.41) is 12.4. The van der Waals surface area contributed by atoms with Gasteiger partial charge in [-0.05, 0) is 38.0 Å². The number of hydrogen-bond acceptors (Lipinski definition) is 2. The third kappa shape index (κ3) is 3.65. The summed E-state index contributed by atoms with van der Waals surface area (Å²) in [6, 6.07) is 0.878. The molecular weight excluding hydrogens is 162 g/mol. The van der Waals surface area contributed by atoms with Gasteiger partial charge in [0.05, 0.1) is 6.61 Å². The molecule has 2 N–H and O–H groups in total. The standard InChI is InChI=1S/C11H23NO/c1-8-4-9(2)6-11(5-8)12-10(3)7-13/h8-13H,4-7H2,1-3H3/t8-,9-,10+/m1/s1. The summed E-state index contributed by atoms with van der Waals surface area (Å²) in [6.45, 7) is 6.95. The molecule has 1 aliphatic carbocycles. The first kappa shape index (κ1) is 11.0. The minimum absolute atomic E-state index is 0.249. The van der Waals surface area contributed by atoms with Crippen LogP contribution in [0.1, 0.15) is 40.0 Å². The number of rotatable bonds is 3. The summed E-state index contributed by atoms with van der Waals surface area (Å²) in [5.41, 5.74) is 0. The van der Waals surface area contributed by atoms with Gasteiger partial charge in [0.1, 0.15) is 0 Å². The maximum absolute atomic E-state index is 8.93. The van der Waals surface area contributed by atoms with Crippen molar-refractivity contribution in [3.8, 4) is 0 Å².